The molecular formula is C20H27N. The minimum absolute atomic E-state index is 1.07. The summed E-state index contributed by atoms with van der Waals surface area (Å²) in [5.41, 5.74) is 6.97. The molecule has 0 aromatic heterocycles. The van der Waals surface area contributed by atoms with Crippen molar-refractivity contribution in [3.63, 3.8) is 0 Å². The van der Waals surface area contributed by atoms with Gasteiger partial charge in [-0.15, -0.1) is 0 Å². The zero-order chi connectivity index (χ0) is 15.2. The molecule has 0 atom stereocenters. The van der Waals surface area contributed by atoms with Gasteiger partial charge in [0.15, 0.2) is 0 Å². The van der Waals surface area contributed by atoms with E-state index >= 15 is 0 Å². The molecule has 0 aliphatic carbocycles. The van der Waals surface area contributed by atoms with Crippen LogP contribution in [0.4, 0.5) is 5.69 Å². The second kappa shape index (κ2) is 7.31. The lowest BCUT2D eigenvalue weighted by atomic mass is 9.99. The summed E-state index contributed by atoms with van der Waals surface area (Å²) in [6, 6.07) is 15.8. The fraction of sp³-hybridized carbons (Fsp3) is 0.400. The zero-order valence-corrected chi connectivity index (χ0v) is 13.8. The van der Waals surface area contributed by atoms with Gasteiger partial charge < -0.3 is 4.90 Å². The predicted molar refractivity (Wildman–Crippen MR) is 93.3 cm³/mol. The van der Waals surface area contributed by atoms with Gasteiger partial charge in [-0.25, -0.2) is 0 Å². The SMILES string of the molecule is CCN(CC)c1ccc(CCc2ccc(C)cc2)c(C)c1. The van der Waals surface area contributed by atoms with E-state index < -0.39 is 0 Å². The molecule has 112 valence electrons. The summed E-state index contributed by atoms with van der Waals surface area (Å²) < 4.78 is 0. The highest BCUT2D eigenvalue weighted by Crippen LogP contribution is 2.20. The molecule has 0 radical (unpaired) electrons. The first kappa shape index (κ1) is 15.6. The molecule has 0 heterocycles. The second-order valence-electron chi connectivity index (χ2n) is 5.77. The lowest BCUT2D eigenvalue weighted by Gasteiger charge is -2.22. The van der Waals surface area contributed by atoms with Crippen molar-refractivity contribution in [3.8, 4) is 0 Å². The Kier molecular flexibility index (Phi) is 5.44. The fourth-order valence-electron chi connectivity index (χ4n) is 2.78. The third kappa shape index (κ3) is 4.10. The van der Waals surface area contributed by atoms with Crippen molar-refractivity contribution < 1.29 is 0 Å². The van der Waals surface area contributed by atoms with Gasteiger partial charge >= 0.3 is 0 Å². The number of aryl methyl sites for hydroxylation is 4. The van der Waals surface area contributed by atoms with E-state index in [1.54, 1.807) is 0 Å². The third-order valence-electron chi connectivity index (χ3n) is 4.26. The first-order valence-corrected chi connectivity index (χ1v) is 8.04. The molecule has 1 nitrogen and oxygen atoms in total. The van der Waals surface area contributed by atoms with Crippen molar-refractivity contribution in [1.82, 2.24) is 0 Å². The third-order valence-corrected chi connectivity index (χ3v) is 4.26. The average molecular weight is 281 g/mol. The van der Waals surface area contributed by atoms with Crippen LogP contribution in [0, 0.1) is 13.8 Å². The Morgan fingerprint density at radius 2 is 1.48 bits per heavy atom. The Morgan fingerprint density at radius 1 is 0.810 bits per heavy atom. The number of rotatable bonds is 6. The Bertz CT molecular complexity index is 565. The molecule has 0 unspecified atom stereocenters. The van der Waals surface area contributed by atoms with Crippen molar-refractivity contribution >= 4 is 5.69 Å². The molecule has 0 bridgehead atoms. The van der Waals surface area contributed by atoms with Crippen molar-refractivity contribution in [2.24, 2.45) is 0 Å². The molecule has 21 heavy (non-hydrogen) atoms. The summed E-state index contributed by atoms with van der Waals surface area (Å²) in [6.07, 6.45) is 2.24. The first-order valence-electron chi connectivity index (χ1n) is 8.04. The monoisotopic (exact) mass is 281 g/mol. The Balaban J connectivity index is 2.05. The number of benzene rings is 2. The number of anilines is 1. The van der Waals surface area contributed by atoms with Crippen LogP contribution in [0.1, 0.15) is 36.1 Å². The highest BCUT2D eigenvalue weighted by molar-refractivity contribution is 5.50. The smallest absolute Gasteiger partial charge is 0.0368 e. The second-order valence-corrected chi connectivity index (χ2v) is 5.77. The molecule has 0 N–H and O–H groups in total. The Morgan fingerprint density at radius 3 is 2.05 bits per heavy atom. The summed E-state index contributed by atoms with van der Waals surface area (Å²) in [4.78, 5) is 2.40. The van der Waals surface area contributed by atoms with Crippen molar-refractivity contribution in [2.75, 3.05) is 18.0 Å². The van der Waals surface area contributed by atoms with Crippen LogP contribution in [0.2, 0.25) is 0 Å². The molecule has 2 aromatic carbocycles. The van der Waals surface area contributed by atoms with Crippen LogP contribution < -0.4 is 4.90 Å². The molecule has 2 aromatic rings. The molecule has 0 saturated heterocycles. The molecule has 0 fully saturated rings. The summed E-state index contributed by atoms with van der Waals surface area (Å²) in [5.74, 6) is 0. The van der Waals surface area contributed by atoms with Crippen molar-refractivity contribution in [1.29, 1.82) is 0 Å². The maximum Gasteiger partial charge on any atom is 0.0368 e. The lowest BCUT2D eigenvalue weighted by Crippen LogP contribution is -2.21. The van der Waals surface area contributed by atoms with Crippen LogP contribution in [0.15, 0.2) is 42.5 Å². The van der Waals surface area contributed by atoms with Crippen LogP contribution >= 0.6 is 0 Å². The van der Waals surface area contributed by atoms with E-state index in [-0.39, 0.29) is 0 Å². The minimum atomic E-state index is 1.07. The van der Waals surface area contributed by atoms with Gasteiger partial charge in [-0.2, -0.15) is 0 Å². The van der Waals surface area contributed by atoms with Crippen molar-refractivity contribution in [3.05, 3.63) is 64.7 Å². The summed E-state index contributed by atoms with van der Waals surface area (Å²) in [5, 5.41) is 0. The molecule has 1 heteroatoms. The molecule has 0 aliphatic rings. The lowest BCUT2D eigenvalue weighted by molar-refractivity contribution is 0.863. The highest BCUT2D eigenvalue weighted by Gasteiger charge is 2.05. The average Bonchev–Trinajstić information content (AvgIpc) is 2.49. The predicted octanol–water partition coefficient (Wildman–Crippen LogP) is 4.93. The van der Waals surface area contributed by atoms with E-state index in [2.05, 4.69) is 75.1 Å². The molecule has 0 saturated carbocycles. The maximum atomic E-state index is 2.40. The topological polar surface area (TPSA) is 3.24 Å². The van der Waals surface area contributed by atoms with E-state index in [1.807, 2.05) is 0 Å². The van der Waals surface area contributed by atoms with Crippen LogP contribution in [0.5, 0.6) is 0 Å². The summed E-state index contributed by atoms with van der Waals surface area (Å²) >= 11 is 0. The standard InChI is InChI=1S/C20H27N/c1-5-21(6-2)20-14-13-19(17(4)15-20)12-11-18-9-7-16(3)8-10-18/h7-10,13-15H,5-6,11-12H2,1-4H3. The van der Waals surface area contributed by atoms with Crippen molar-refractivity contribution in [2.45, 2.75) is 40.5 Å². The van der Waals surface area contributed by atoms with E-state index in [0.29, 0.717) is 0 Å². The number of hydrogen-bond donors (Lipinski definition) is 0. The van der Waals surface area contributed by atoms with E-state index in [4.69, 9.17) is 0 Å². The van der Waals surface area contributed by atoms with Gasteiger partial charge in [0.1, 0.15) is 0 Å². The van der Waals surface area contributed by atoms with Crippen LogP contribution in [-0.2, 0) is 12.8 Å². The van der Waals surface area contributed by atoms with Gasteiger partial charge in [0.25, 0.3) is 0 Å². The number of nitrogens with zero attached hydrogens (tertiary/aromatic N) is 1. The molecular weight excluding hydrogens is 254 g/mol. The first-order chi connectivity index (χ1) is 10.1. The van der Waals surface area contributed by atoms with E-state index in [0.717, 1.165) is 25.9 Å². The van der Waals surface area contributed by atoms with Gasteiger partial charge in [-0.05, 0) is 69.4 Å². The van der Waals surface area contributed by atoms with Gasteiger partial charge in [0.2, 0.25) is 0 Å². The largest absolute Gasteiger partial charge is 0.372 e. The fourth-order valence-corrected chi connectivity index (χ4v) is 2.78. The van der Waals surface area contributed by atoms with Crippen LogP contribution in [0.3, 0.4) is 0 Å². The maximum absolute atomic E-state index is 2.40. The van der Waals surface area contributed by atoms with Gasteiger partial charge in [0.05, 0.1) is 0 Å². The highest BCUT2D eigenvalue weighted by atomic mass is 15.1. The molecule has 0 spiro atoms. The van der Waals surface area contributed by atoms with Gasteiger partial charge in [-0.3, -0.25) is 0 Å². The zero-order valence-electron chi connectivity index (χ0n) is 13.8. The number of hydrogen-bond acceptors (Lipinski definition) is 1. The van der Waals surface area contributed by atoms with E-state index in [9.17, 15) is 0 Å². The van der Waals surface area contributed by atoms with Gasteiger partial charge in [0, 0.05) is 18.8 Å². The molecule has 2 rings (SSSR count). The molecule has 0 amide bonds. The van der Waals surface area contributed by atoms with Crippen LogP contribution in [0.25, 0.3) is 0 Å². The van der Waals surface area contributed by atoms with Crippen LogP contribution in [-0.4, -0.2) is 13.1 Å². The normalized spacial score (nSPS) is 10.7. The van der Waals surface area contributed by atoms with Gasteiger partial charge in [-0.1, -0.05) is 35.9 Å². The van der Waals surface area contributed by atoms with E-state index in [1.165, 1.54) is 27.9 Å². The molecule has 0 aliphatic heterocycles. The Labute approximate surface area is 129 Å². The minimum Gasteiger partial charge on any atom is -0.372 e. The Hall–Kier alpha value is -1.76. The summed E-state index contributed by atoms with van der Waals surface area (Å²) in [7, 11) is 0. The quantitative estimate of drug-likeness (QED) is 0.725. The summed E-state index contributed by atoms with van der Waals surface area (Å²) in [6.45, 7) is 10.9.